The molecule has 0 saturated carbocycles. The number of hydrogen-bond donors (Lipinski definition) is 1. The first-order valence-electron chi connectivity index (χ1n) is 8.40. The summed E-state index contributed by atoms with van der Waals surface area (Å²) in [5.41, 5.74) is 6.86. The largest absolute Gasteiger partial charge is 0.338 e. The van der Waals surface area contributed by atoms with Gasteiger partial charge in [-0.15, -0.1) is 0 Å². The molecular formula is C18H27N3O2. The van der Waals surface area contributed by atoms with E-state index in [1.165, 1.54) is 0 Å². The van der Waals surface area contributed by atoms with Gasteiger partial charge in [0.25, 0.3) is 0 Å². The third kappa shape index (κ3) is 5.06. The van der Waals surface area contributed by atoms with Crippen molar-refractivity contribution in [3.05, 3.63) is 35.9 Å². The molecule has 23 heavy (non-hydrogen) atoms. The summed E-state index contributed by atoms with van der Waals surface area (Å²) in [6, 6.07) is 10.0. The molecule has 5 nitrogen and oxygen atoms in total. The molecule has 1 heterocycles. The van der Waals surface area contributed by atoms with Gasteiger partial charge in [-0.2, -0.15) is 0 Å². The number of piperidine rings is 1. The maximum atomic E-state index is 12.5. The number of nitrogens with two attached hydrogens (primary N) is 1. The van der Waals surface area contributed by atoms with Gasteiger partial charge in [-0.1, -0.05) is 30.3 Å². The normalized spacial score (nSPS) is 17.8. The number of carbonyl (C=O) groups excluding carboxylic acids is 2. The molecule has 1 aromatic carbocycles. The molecule has 1 unspecified atom stereocenters. The van der Waals surface area contributed by atoms with Crippen LogP contribution in [0.25, 0.3) is 0 Å². The second kappa shape index (κ2) is 8.67. The van der Waals surface area contributed by atoms with Crippen LogP contribution in [0.2, 0.25) is 0 Å². The Kier molecular flexibility index (Phi) is 6.59. The lowest BCUT2D eigenvalue weighted by molar-refractivity contribution is -0.136. The highest BCUT2D eigenvalue weighted by Crippen LogP contribution is 2.17. The number of nitrogens with zero attached hydrogens (tertiary/aromatic N) is 2. The Morgan fingerprint density at radius 3 is 2.65 bits per heavy atom. The van der Waals surface area contributed by atoms with E-state index in [2.05, 4.69) is 0 Å². The highest BCUT2D eigenvalue weighted by atomic mass is 16.2. The van der Waals surface area contributed by atoms with Crippen molar-refractivity contribution in [2.75, 3.05) is 19.6 Å². The molecule has 0 radical (unpaired) electrons. The first-order chi connectivity index (χ1) is 11.1. The van der Waals surface area contributed by atoms with Gasteiger partial charge in [0.15, 0.2) is 0 Å². The second-order valence-electron chi connectivity index (χ2n) is 6.15. The summed E-state index contributed by atoms with van der Waals surface area (Å²) in [4.78, 5) is 28.0. The summed E-state index contributed by atoms with van der Waals surface area (Å²) in [6.45, 7) is 3.86. The average molecular weight is 317 g/mol. The SMILES string of the molecule is CC(=O)N(CCC(=O)N1CCCCC1CN)Cc1ccccc1. The highest BCUT2D eigenvalue weighted by Gasteiger charge is 2.25. The Balaban J connectivity index is 1.90. The fraction of sp³-hybridized carbons (Fsp3) is 0.556. The van der Waals surface area contributed by atoms with Crippen molar-refractivity contribution in [3.63, 3.8) is 0 Å². The Labute approximate surface area is 138 Å². The molecular weight excluding hydrogens is 290 g/mol. The molecule has 1 saturated heterocycles. The summed E-state index contributed by atoms with van der Waals surface area (Å²) < 4.78 is 0. The number of carbonyl (C=O) groups is 2. The third-order valence-corrected chi connectivity index (χ3v) is 4.48. The van der Waals surface area contributed by atoms with Gasteiger partial charge in [-0.25, -0.2) is 0 Å². The maximum Gasteiger partial charge on any atom is 0.224 e. The zero-order chi connectivity index (χ0) is 16.7. The lowest BCUT2D eigenvalue weighted by atomic mass is 10.0. The van der Waals surface area contributed by atoms with E-state index in [1.807, 2.05) is 35.2 Å². The standard InChI is InChI=1S/C18H27N3O2/c1-15(22)20(14-16-7-3-2-4-8-16)12-10-18(23)21-11-6-5-9-17(21)13-19/h2-4,7-8,17H,5-6,9-14,19H2,1H3. The minimum absolute atomic E-state index is 0.00401. The maximum absolute atomic E-state index is 12.5. The molecule has 1 aliphatic rings. The second-order valence-corrected chi connectivity index (χ2v) is 6.15. The molecule has 1 aliphatic heterocycles. The van der Waals surface area contributed by atoms with Crippen LogP contribution in [0.5, 0.6) is 0 Å². The van der Waals surface area contributed by atoms with E-state index in [4.69, 9.17) is 5.73 Å². The predicted octanol–water partition coefficient (Wildman–Crippen LogP) is 1.76. The van der Waals surface area contributed by atoms with Crippen molar-refractivity contribution in [1.29, 1.82) is 0 Å². The van der Waals surface area contributed by atoms with Gasteiger partial charge in [-0.3, -0.25) is 9.59 Å². The van der Waals surface area contributed by atoms with Crippen LogP contribution in [-0.2, 0) is 16.1 Å². The molecule has 1 aromatic rings. The van der Waals surface area contributed by atoms with Gasteiger partial charge in [0.2, 0.25) is 11.8 Å². The van der Waals surface area contributed by atoms with Crippen LogP contribution < -0.4 is 5.73 Å². The van der Waals surface area contributed by atoms with Crippen LogP contribution in [0.3, 0.4) is 0 Å². The van der Waals surface area contributed by atoms with E-state index in [0.717, 1.165) is 31.4 Å². The first-order valence-corrected chi connectivity index (χ1v) is 8.40. The summed E-state index contributed by atoms with van der Waals surface area (Å²) in [5, 5.41) is 0. The summed E-state index contributed by atoms with van der Waals surface area (Å²) in [5.74, 6) is 0.107. The van der Waals surface area contributed by atoms with Crippen molar-refractivity contribution in [2.45, 2.75) is 45.2 Å². The Hall–Kier alpha value is -1.88. The smallest absolute Gasteiger partial charge is 0.224 e. The van der Waals surface area contributed by atoms with Gasteiger partial charge in [0.05, 0.1) is 0 Å². The number of likely N-dealkylation sites (tertiary alicyclic amines) is 1. The van der Waals surface area contributed by atoms with Crippen LogP contribution >= 0.6 is 0 Å². The molecule has 1 atom stereocenters. The van der Waals surface area contributed by atoms with Gasteiger partial charge < -0.3 is 15.5 Å². The number of amides is 2. The highest BCUT2D eigenvalue weighted by molar-refractivity contribution is 5.78. The van der Waals surface area contributed by atoms with Crippen molar-refractivity contribution in [3.8, 4) is 0 Å². The topological polar surface area (TPSA) is 66.6 Å². The van der Waals surface area contributed by atoms with Crippen LogP contribution in [-0.4, -0.2) is 47.3 Å². The van der Waals surface area contributed by atoms with Crippen LogP contribution in [0.1, 0.15) is 38.2 Å². The molecule has 1 fully saturated rings. The molecule has 0 spiro atoms. The summed E-state index contributed by atoms with van der Waals surface area (Å²) in [6.07, 6.45) is 3.54. The minimum Gasteiger partial charge on any atom is -0.338 e. The Bertz CT molecular complexity index is 518. The van der Waals surface area contributed by atoms with Gasteiger partial charge in [-0.05, 0) is 24.8 Å². The fourth-order valence-electron chi connectivity index (χ4n) is 3.10. The molecule has 0 bridgehead atoms. The van der Waals surface area contributed by atoms with Crippen LogP contribution in [0, 0.1) is 0 Å². The van der Waals surface area contributed by atoms with Crippen LogP contribution in [0.15, 0.2) is 30.3 Å². The lowest BCUT2D eigenvalue weighted by Gasteiger charge is -2.35. The van der Waals surface area contributed by atoms with E-state index >= 15 is 0 Å². The van der Waals surface area contributed by atoms with Gasteiger partial charge in [0, 0.05) is 45.6 Å². The molecule has 0 aromatic heterocycles. The number of benzene rings is 1. The summed E-state index contributed by atoms with van der Waals surface area (Å²) in [7, 11) is 0. The van der Waals surface area contributed by atoms with Crippen LogP contribution in [0.4, 0.5) is 0 Å². The molecule has 126 valence electrons. The molecule has 2 N–H and O–H groups in total. The number of rotatable bonds is 6. The monoisotopic (exact) mass is 317 g/mol. The van der Waals surface area contributed by atoms with E-state index < -0.39 is 0 Å². The van der Waals surface area contributed by atoms with Gasteiger partial charge >= 0.3 is 0 Å². The lowest BCUT2D eigenvalue weighted by Crippen LogP contribution is -2.48. The van der Waals surface area contributed by atoms with Crippen molar-refractivity contribution < 1.29 is 9.59 Å². The van der Waals surface area contributed by atoms with Gasteiger partial charge in [0.1, 0.15) is 0 Å². The van der Waals surface area contributed by atoms with Crippen molar-refractivity contribution in [2.24, 2.45) is 5.73 Å². The van der Waals surface area contributed by atoms with E-state index in [-0.39, 0.29) is 17.9 Å². The number of hydrogen-bond acceptors (Lipinski definition) is 3. The minimum atomic E-state index is -0.00401. The van der Waals surface area contributed by atoms with E-state index in [1.54, 1.807) is 11.8 Å². The van der Waals surface area contributed by atoms with E-state index in [0.29, 0.717) is 26.1 Å². The molecule has 2 amide bonds. The molecule has 5 heteroatoms. The quantitative estimate of drug-likeness (QED) is 0.869. The summed E-state index contributed by atoms with van der Waals surface area (Å²) >= 11 is 0. The zero-order valence-electron chi connectivity index (χ0n) is 13.9. The van der Waals surface area contributed by atoms with Crippen molar-refractivity contribution >= 4 is 11.8 Å². The molecule has 0 aliphatic carbocycles. The third-order valence-electron chi connectivity index (χ3n) is 4.48. The van der Waals surface area contributed by atoms with Crippen molar-refractivity contribution in [1.82, 2.24) is 9.80 Å². The molecule has 2 rings (SSSR count). The van der Waals surface area contributed by atoms with E-state index in [9.17, 15) is 9.59 Å². The fourth-order valence-corrected chi connectivity index (χ4v) is 3.10. The predicted molar refractivity (Wildman–Crippen MR) is 90.6 cm³/mol. The zero-order valence-corrected chi connectivity index (χ0v) is 13.9. The Morgan fingerprint density at radius 1 is 1.26 bits per heavy atom. The first kappa shape index (κ1) is 17.5. The average Bonchev–Trinajstić information content (AvgIpc) is 2.58. The Morgan fingerprint density at radius 2 is 2.00 bits per heavy atom.